The molecule has 1 nitrogen and oxygen atoms in total. The zero-order valence-corrected chi connectivity index (χ0v) is 11.1. The summed E-state index contributed by atoms with van der Waals surface area (Å²) in [6.45, 7) is 2.13. The molecule has 18 heavy (non-hydrogen) atoms. The third-order valence-electron chi connectivity index (χ3n) is 3.19. The van der Waals surface area contributed by atoms with Crippen molar-refractivity contribution >= 4 is 11.3 Å². The highest BCUT2D eigenvalue weighted by Crippen LogP contribution is 2.34. The number of aromatic nitrogens is 1. The molecule has 3 aromatic rings. The third-order valence-corrected chi connectivity index (χ3v) is 4.13. The van der Waals surface area contributed by atoms with E-state index in [-0.39, 0.29) is 0 Å². The molecule has 2 heterocycles. The Kier molecular flexibility index (Phi) is 3.03. The number of nitrogens with one attached hydrogen (secondary N) is 1. The van der Waals surface area contributed by atoms with Gasteiger partial charge >= 0.3 is 0 Å². The van der Waals surface area contributed by atoms with E-state index in [9.17, 15) is 0 Å². The van der Waals surface area contributed by atoms with Crippen molar-refractivity contribution in [3.63, 3.8) is 0 Å². The fourth-order valence-electron chi connectivity index (χ4n) is 2.25. The molecule has 0 aliphatic carbocycles. The monoisotopic (exact) mass is 253 g/mol. The van der Waals surface area contributed by atoms with Gasteiger partial charge in [0.05, 0.1) is 0 Å². The van der Waals surface area contributed by atoms with Gasteiger partial charge in [-0.2, -0.15) is 0 Å². The molecule has 0 aliphatic rings. The molecule has 2 heteroatoms. The maximum absolute atomic E-state index is 3.16. The molecule has 0 bridgehead atoms. The van der Waals surface area contributed by atoms with Gasteiger partial charge in [-0.3, -0.25) is 0 Å². The van der Waals surface area contributed by atoms with E-state index >= 15 is 0 Å². The Morgan fingerprint density at radius 1 is 1.00 bits per heavy atom. The maximum atomic E-state index is 3.16. The summed E-state index contributed by atoms with van der Waals surface area (Å²) in [5, 5.41) is 2.14. The Labute approximate surface area is 111 Å². The minimum absolute atomic E-state index is 0.344. The predicted molar refractivity (Wildman–Crippen MR) is 77.2 cm³/mol. The van der Waals surface area contributed by atoms with Crippen molar-refractivity contribution in [3.8, 4) is 0 Å². The molecule has 1 atom stereocenters. The lowest BCUT2D eigenvalue weighted by Gasteiger charge is -2.15. The molecule has 1 N–H and O–H groups in total. The van der Waals surface area contributed by atoms with Gasteiger partial charge in [0.1, 0.15) is 0 Å². The lowest BCUT2D eigenvalue weighted by atomic mass is 9.91. The minimum Gasteiger partial charge on any atom is -0.367 e. The molecule has 0 amide bonds. The van der Waals surface area contributed by atoms with Crippen molar-refractivity contribution in [2.45, 2.75) is 12.8 Å². The number of aryl methyl sites for hydroxylation is 1. The number of hydrogen-bond acceptors (Lipinski definition) is 1. The van der Waals surface area contributed by atoms with Crippen LogP contribution in [0.25, 0.3) is 0 Å². The Balaban J connectivity index is 2.08. The van der Waals surface area contributed by atoms with E-state index in [1.54, 1.807) is 0 Å². The van der Waals surface area contributed by atoms with Crippen LogP contribution < -0.4 is 0 Å². The van der Waals surface area contributed by atoms with Crippen LogP contribution in [0, 0.1) is 6.92 Å². The SMILES string of the molecule is Cc1ccc(C(c2cc[nH]c2)c2cccs2)cc1. The zero-order valence-electron chi connectivity index (χ0n) is 10.3. The predicted octanol–water partition coefficient (Wildman–Crippen LogP) is 4.56. The lowest BCUT2D eigenvalue weighted by Crippen LogP contribution is -1.99. The van der Waals surface area contributed by atoms with Crippen molar-refractivity contribution in [2.24, 2.45) is 0 Å². The van der Waals surface area contributed by atoms with Gasteiger partial charge < -0.3 is 4.98 Å². The van der Waals surface area contributed by atoms with E-state index in [2.05, 4.69) is 65.9 Å². The number of aromatic amines is 1. The second-order valence-electron chi connectivity index (χ2n) is 4.50. The number of thiophene rings is 1. The van der Waals surface area contributed by atoms with Crippen LogP contribution in [0.2, 0.25) is 0 Å². The van der Waals surface area contributed by atoms with E-state index in [0.717, 1.165) is 0 Å². The first-order valence-electron chi connectivity index (χ1n) is 6.07. The van der Waals surface area contributed by atoms with Crippen LogP contribution in [0.4, 0.5) is 0 Å². The highest BCUT2D eigenvalue weighted by molar-refractivity contribution is 7.10. The quantitative estimate of drug-likeness (QED) is 0.704. The molecule has 0 radical (unpaired) electrons. The van der Waals surface area contributed by atoms with Gasteiger partial charge in [0, 0.05) is 23.2 Å². The van der Waals surface area contributed by atoms with Crippen molar-refractivity contribution in [2.75, 3.05) is 0 Å². The molecule has 0 fully saturated rings. The van der Waals surface area contributed by atoms with Crippen molar-refractivity contribution in [1.29, 1.82) is 0 Å². The fraction of sp³-hybridized carbons (Fsp3) is 0.125. The first-order valence-corrected chi connectivity index (χ1v) is 6.95. The van der Waals surface area contributed by atoms with Gasteiger partial charge in [-0.1, -0.05) is 35.9 Å². The molecule has 0 saturated carbocycles. The summed E-state index contributed by atoms with van der Waals surface area (Å²) in [7, 11) is 0. The van der Waals surface area contributed by atoms with Crippen molar-refractivity contribution in [3.05, 3.63) is 81.8 Å². The van der Waals surface area contributed by atoms with E-state index in [0.29, 0.717) is 5.92 Å². The summed E-state index contributed by atoms with van der Waals surface area (Å²) in [4.78, 5) is 4.55. The molecule has 1 aromatic carbocycles. The normalized spacial score (nSPS) is 12.5. The third kappa shape index (κ3) is 2.12. The van der Waals surface area contributed by atoms with Crippen LogP contribution in [0.15, 0.2) is 60.2 Å². The highest BCUT2D eigenvalue weighted by atomic mass is 32.1. The molecule has 0 spiro atoms. The van der Waals surface area contributed by atoms with E-state index in [1.807, 2.05) is 17.5 Å². The highest BCUT2D eigenvalue weighted by Gasteiger charge is 2.17. The molecule has 0 aliphatic heterocycles. The van der Waals surface area contributed by atoms with E-state index in [4.69, 9.17) is 0 Å². The Morgan fingerprint density at radius 2 is 1.83 bits per heavy atom. The van der Waals surface area contributed by atoms with Crippen LogP contribution in [0.1, 0.15) is 27.5 Å². The number of hydrogen-bond donors (Lipinski definition) is 1. The summed E-state index contributed by atoms with van der Waals surface area (Å²) in [5.41, 5.74) is 3.97. The van der Waals surface area contributed by atoms with Gasteiger partial charge in [-0.25, -0.2) is 0 Å². The Morgan fingerprint density at radius 3 is 2.44 bits per heavy atom. The van der Waals surface area contributed by atoms with Crippen LogP contribution in [0.3, 0.4) is 0 Å². The second-order valence-corrected chi connectivity index (χ2v) is 5.48. The molecule has 90 valence electrons. The lowest BCUT2D eigenvalue weighted by molar-refractivity contribution is 1.01. The second kappa shape index (κ2) is 4.83. The molecular formula is C16H15NS. The Hall–Kier alpha value is -1.80. The number of benzene rings is 1. The van der Waals surface area contributed by atoms with Crippen LogP contribution in [-0.2, 0) is 0 Å². The molecule has 3 rings (SSSR count). The average Bonchev–Trinajstić information content (AvgIpc) is 3.06. The first kappa shape index (κ1) is 11.3. The van der Waals surface area contributed by atoms with Crippen LogP contribution >= 0.6 is 11.3 Å². The van der Waals surface area contributed by atoms with E-state index in [1.165, 1.54) is 21.6 Å². The van der Waals surface area contributed by atoms with Crippen LogP contribution in [0.5, 0.6) is 0 Å². The summed E-state index contributed by atoms with van der Waals surface area (Å²) in [6.07, 6.45) is 4.08. The summed E-state index contributed by atoms with van der Waals surface area (Å²) >= 11 is 1.81. The topological polar surface area (TPSA) is 15.8 Å². The number of rotatable bonds is 3. The summed E-state index contributed by atoms with van der Waals surface area (Å²) in [5.74, 6) is 0.344. The van der Waals surface area contributed by atoms with Gasteiger partial charge in [-0.15, -0.1) is 11.3 Å². The molecular weight excluding hydrogens is 238 g/mol. The van der Waals surface area contributed by atoms with E-state index < -0.39 is 0 Å². The molecule has 2 aromatic heterocycles. The summed E-state index contributed by atoms with van der Waals surface area (Å²) in [6, 6.07) is 15.3. The van der Waals surface area contributed by atoms with Crippen molar-refractivity contribution < 1.29 is 0 Å². The van der Waals surface area contributed by atoms with Crippen molar-refractivity contribution in [1.82, 2.24) is 4.98 Å². The minimum atomic E-state index is 0.344. The smallest absolute Gasteiger partial charge is 0.0448 e. The van der Waals surface area contributed by atoms with Gasteiger partial charge in [0.2, 0.25) is 0 Å². The summed E-state index contributed by atoms with van der Waals surface area (Å²) < 4.78 is 0. The Bertz CT molecular complexity index is 557. The first-order chi connectivity index (χ1) is 8.84. The molecule has 0 saturated heterocycles. The number of H-pyrrole nitrogens is 1. The standard InChI is InChI=1S/C16H15NS/c1-12-4-6-13(7-5-12)16(14-8-9-17-11-14)15-3-2-10-18-15/h2-11,16-17H,1H3. The molecule has 1 unspecified atom stereocenters. The zero-order chi connectivity index (χ0) is 12.4. The maximum Gasteiger partial charge on any atom is 0.0448 e. The average molecular weight is 253 g/mol. The van der Waals surface area contributed by atoms with Gasteiger partial charge in [0.25, 0.3) is 0 Å². The van der Waals surface area contributed by atoms with Gasteiger partial charge in [0.15, 0.2) is 0 Å². The fourth-order valence-corrected chi connectivity index (χ4v) is 3.13. The largest absolute Gasteiger partial charge is 0.367 e. The van der Waals surface area contributed by atoms with Gasteiger partial charge in [-0.05, 0) is 35.6 Å². The van der Waals surface area contributed by atoms with Crippen LogP contribution in [-0.4, -0.2) is 4.98 Å².